The molecule has 2 aromatic rings. The van der Waals surface area contributed by atoms with Crippen molar-refractivity contribution in [3.63, 3.8) is 0 Å². The first-order valence-corrected chi connectivity index (χ1v) is 9.20. The molecule has 2 aliphatic rings. The second kappa shape index (κ2) is 7.50. The van der Waals surface area contributed by atoms with Gasteiger partial charge in [0.2, 0.25) is 0 Å². The normalized spacial score (nSPS) is 21.1. The minimum absolute atomic E-state index is 0. The van der Waals surface area contributed by atoms with Crippen molar-refractivity contribution in [2.75, 3.05) is 27.8 Å². The molecule has 0 amide bonds. The van der Waals surface area contributed by atoms with Gasteiger partial charge in [-0.15, -0.1) is 12.4 Å². The summed E-state index contributed by atoms with van der Waals surface area (Å²) in [7, 11) is 5.71. The van der Waals surface area contributed by atoms with Crippen LogP contribution in [0.3, 0.4) is 0 Å². The molecule has 0 saturated heterocycles. The van der Waals surface area contributed by atoms with E-state index in [2.05, 4.69) is 54.4 Å². The van der Waals surface area contributed by atoms with Gasteiger partial charge >= 0.3 is 0 Å². The van der Waals surface area contributed by atoms with Gasteiger partial charge in [-0.05, 0) is 55.1 Å². The van der Waals surface area contributed by atoms with E-state index in [4.69, 9.17) is 9.47 Å². The number of fused-ring (bicyclic) bond motifs is 1. The highest BCUT2D eigenvalue weighted by atomic mass is 35.5. The van der Waals surface area contributed by atoms with Gasteiger partial charge in [0.15, 0.2) is 11.5 Å². The molecule has 0 spiro atoms. The van der Waals surface area contributed by atoms with Crippen molar-refractivity contribution in [2.45, 2.75) is 37.1 Å². The average molecular weight is 374 g/mol. The van der Waals surface area contributed by atoms with Crippen molar-refractivity contribution < 1.29 is 9.47 Å². The smallest absolute Gasteiger partial charge is 0.161 e. The van der Waals surface area contributed by atoms with Crippen LogP contribution in [0.4, 0.5) is 0 Å². The Morgan fingerprint density at radius 2 is 1.65 bits per heavy atom. The van der Waals surface area contributed by atoms with Gasteiger partial charge in [-0.1, -0.05) is 36.8 Å². The summed E-state index contributed by atoms with van der Waals surface area (Å²) in [6.07, 6.45) is 4.87. The SMILES string of the molecule is COc1cc2c(cc1OC)C(C1(c3ccccc3)CCC1)N(C)CC2.Cl. The van der Waals surface area contributed by atoms with Gasteiger partial charge in [0, 0.05) is 18.0 Å². The lowest BCUT2D eigenvalue weighted by molar-refractivity contribution is 0.0715. The van der Waals surface area contributed by atoms with E-state index < -0.39 is 0 Å². The Balaban J connectivity index is 0.00000196. The molecule has 0 aromatic heterocycles. The number of likely N-dealkylation sites (N-methyl/N-ethyl adjacent to an activating group) is 1. The number of rotatable bonds is 4. The molecule has 26 heavy (non-hydrogen) atoms. The van der Waals surface area contributed by atoms with Gasteiger partial charge < -0.3 is 9.47 Å². The van der Waals surface area contributed by atoms with E-state index in [9.17, 15) is 0 Å². The minimum Gasteiger partial charge on any atom is -0.493 e. The molecule has 1 saturated carbocycles. The predicted octanol–water partition coefficient (Wildman–Crippen LogP) is 4.78. The molecule has 2 aromatic carbocycles. The van der Waals surface area contributed by atoms with Crippen LogP contribution in [0, 0.1) is 0 Å². The zero-order valence-corrected chi connectivity index (χ0v) is 16.6. The quantitative estimate of drug-likeness (QED) is 0.770. The molecule has 1 fully saturated rings. The molecule has 1 aliphatic carbocycles. The molecule has 140 valence electrons. The molecule has 4 rings (SSSR count). The largest absolute Gasteiger partial charge is 0.493 e. The van der Waals surface area contributed by atoms with Gasteiger partial charge in [-0.3, -0.25) is 4.90 Å². The van der Waals surface area contributed by atoms with Crippen LogP contribution in [0.5, 0.6) is 11.5 Å². The summed E-state index contributed by atoms with van der Waals surface area (Å²) < 4.78 is 11.1. The number of hydrogen-bond donors (Lipinski definition) is 0. The predicted molar refractivity (Wildman–Crippen MR) is 108 cm³/mol. The Kier molecular flexibility index (Phi) is 5.50. The van der Waals surface area contributed by atoms with Gasteiger partial charge in [-0.2, -0.15) is 0 Å². The molecule has 0 bridgehead atoms. The summed E-state index contributed by atoms with van der Waals surface area (Å²) in [5.74, 6) is 1.68. The lowest BCUT2D eigenvalue weighted by Gasteiger charge is -2.53. The highest BCUT2D eigenvalue weighted by molar-refractivity contribution is 5.85. The first kappa shape index (κ1) is 19.1. The third-order valence-electron chi connectivity index (χ3n) is 6.23. The summed E-state index contributed by atoms with van der Waals surface area (Å²) in [6, 6.07) is 15.9. The number of hydrogen-bond acceptors (Lipinski definition) is 3. The van der Waals surface area contributed by atoms with E-state index in [0.717, 1.165) is 24.5 Å². The van der Waals surface area contributed by atoms with Crippen LogP contribution >= 0.6 is 12.4 Å². The van der Waals surface area contributed by atoms with Gasteiger partial charge in [-0.25, -0.2) is 0 Å². The Hall–Kier alpha value is -1.71. The molecule has 1 heterocycles. The zero-order chi connectivity index (χ0) is 17.4. The second-order valence-corrected chi connectivity index (χ2v) is 7.41. The van der Waals surface area contributed by atoms with E-state index in [1.54, 1.807) is 14.2 Å². The van der Waals surface area contributed by atoms with Gasteiger partial charge in [0.1, 0.15) is 0 Å². The van der Waals surface area contributed by atoms with Crippen LogP contribution in [0.1, 0.15) is 42.0 Å². The number of nitrogens with zero attached hydrogens (tertiary/aromatic N) is 1. The Morgan fingerprint density at radius 3 is 2.23 bits per heavy atom. The summed E-state index contributed by atoms with van der Waals surface area (Å²) in [6.45, 7) is 1.09. The first-order chi connectivity index (χ1) is 12.2. The fourth-order valence-electron chi connectivity index (χ4n) is 4.84. The van der Waals surface area contributed by atoms with Crippen molar-refractivity contribution in [1.29, 1.82) is 0 Å². The zero-order valence-electron chi connectivity index (χ0n) is 15.8. The highest BCUT2D eigenvalue weighted by Gasteiger charge is 2.49. The molecule has 0 radical (unpaired) electrons. The van der Waals surface area contributed by atoms with Crippen molar-refractivity contribution in [3.05, 3.63) is 59.2 Å². The van der Waals surface area contributed by atoms with E-state index in [1.807, 2.05) is 0 Å². The van der Waals surface area contributed by atoms with Crippen LogP contribution in [0.2, 0.25) is 0 Å². The second-order valence-electron chi connectivity index (χ2n) is 7.41. The molecule has 1 unspecified atom stereocenters. The van der Waals surface area contributed by atoms with Crippen molar-refractivity contribution in [3.8, 4) is 11.5 Å². The summed E-state index contributed by atoms with van der Waals surface area (Å²) in [5, 5.41) is 0. The van der Waals surface area contributed by atoms with Crippen molar-refractivity contribution >= 4 is 12.4 Å². The van der Waals surface area contributed by atoms with Crippen LogP contribution in [-0.2, 0) is 11.8 Å². The van der Waals surface area contributed by atoms with Crippen LogP contribution in [-0.4, -0.2) is 32.7 Å². The van der Waals surface area contributed by atoms with E-state index in [0.29, 0.717) is 6.04 Å². The molecule has 0 N–H and O–H groups in total. The van der Waals surface area contributed by atoms with Gasteiger partial charge in [0.25, 0.3) is 0 Å². The lowest BCUT2D eigenvalue weighted by Crippen LogP contribution is -2.49. The van der Waals surface area contributed by atoms with E-state index >= 15 is 0 Å². The number of methoxy groups -OCH3 is 2. The van der Waals surface area contributed by atoms with Crippen molar-refractivity contribution in [2.24, 2.45) is 0 Å². The minimum atomic E-state index is 0. The Labute approximate surface area is 162 Å². The Morgan fingerprint density at radius 1 is 1.00 bits per heavy atom. The highest BCUT2D eigenvalue weighted by Crippen LogP contribution is 2.56. The number of benzene rings is 2. The van der Waals surface area contributed by atoms with Crippen LogP contribution in [0.25, 0.3) is 0 Å². The van der Waals surface area contributed by atoms with Crippen molar-refractivity contribution in [1.82, 2.24) is 4.90 Å². The summed E-state index contributed by atoms with van der Waals surface area (Å²) in [5.41, 5.74) is 4.50. The van der Waals surface area contributed by atoms with Crippen LogP contribution < -0.4 is 9.47 Å². The third-order valence-corrected chi connectivity index (χ3v) is 6.23. The standard InChI is InChI=1S/C22H27NO2.ClH/c1-23-13-10-16-14-19(24-2)20(25-3)15-18(16)21(23)22(11-7-12-22)17-8-5-4-6-9-17;/h4-6,8-9,14-15,21H,7,10-13H2,1-3H3;1H. The van der Waals surface area contributed by atoms with Crippen LogP contribution in [0.15, 0.2) is 42.5 Å². The molecule has 4 heteroatoms. The average Bonchev–Trinajstić information content (AvgIpc) is 2.62. The van der Waals surface area contributed by atoms with Gasteiger partial charge in [0.05, 0.1) is 14.2 Å². The van der Waals surface area contributed by atoms with E-state index in [-0.39, 0.29) is 17.8 Å². The Bertz CT molecular complexity index is 758. The fraction of sp³-hybridized carbons (Fsp3) is 0.455. The monoisotopic (exact) mass is 373 g/mol. The maximum absolute atomic E-state index is 5.61. The third kappa shape index (κ3) is 2.87. The summed E-state index contributed by atoms with van der Waals surface area (Å²) in [4.78, 5) is 2.54. The number of halogens is 1. The molecule has 1 aliphatic heterocycles. The van der Waals surface area contributed by atoms with E-state index in [1.165, 1.54) is 36.0 Å². The summed E-state index contributed by atoms with van der Waals surface area (Å²) >= 11 is 0. The topological polar surface area (TPSA) is 21.7 Å². The maximum atomic E-state index is 5.61. The molecule has 3 nitrogen and oxygen atoms in total. The fourth-order valence-corrected chi connectivity index (χ4v) is 4.84. The molecule has 1 atom stereocenters. The number of ether oxygens (including phenoxy) is 2. The lowest BCUT2D eigenvalue weighted by atomic mass is 9.57. The molecular formula is C22H28ClNO2. The maximum Gasteiger partial charge on any atom is 0.161 e. The molecular weight excluding hydrogens is 346 g/mol. The first-order valence-electron chi connectivity index (χ1n) is 9.20.